The molecule has 0 aromatic heterocycles. The van der Waals surface area contributed by atoms with E-state index in [1.165, 1.54) is 0 Å². The Morgan fingerprint density at radius 1 is 1.47 bits per heavy atom. The number of hydrogen-bond acceptors (Lipinski definition) is 3. The van der Waals surface area contributed by atoms with Gasteiger partial charge in [-0.05, 0) is 26.7 Å². The maximum absolute atomic E-state index is 10.7. The third-order valence-corrected chi connectivity index (χ3v) is 3.87. The minimum absolute atomic E-state index is 0.0916. The van der Waals surface area contributed by atoms with Gasteiger partial charge in [0, 0.05) is 13.5 Å². The van der Waals surface area contributed by atoms with Crippen molar-refractivity contribution >= 4 is 0 Å². The highest BCUT2D eigenvalue weighted by Gasteiger charge is 2.56. The van der Waals surface area contributed by atoms with Crippen LogP contribution in [0.4, 0.5) is 0 Å². The van der Waals surface area contributed by atoms with Crippen LogP contribution >= 0.6 is 0 Å². The van der Waals surface area contributed by atoms with Gasteiger partial charge in [-0.25, -0.2) is 0 Å². The SMILES string of the molecule is CC#CC1(O)C(C)OC(C(C)C)CC1(C)OC. The van der Waals surface area contributed by atoms with Crippen molar-refractivity contribution in [2.75, 3.05) is 7.11 Å². The van der Waals surface area contributed by atoms with E-state index in [1.54, 1.807) is 14.0 Å². The molecule has 1 N–H and O–H groups in total. The summed E-state index contributed by atoms with van der Waals surface area (Å²) in [4.78, 5) is 0. The van der Waals surface area contributed by atoms with Crippen LogP contribution in [0.5, 0.6) is 0 Å². The van der Waals surface area contributed by atoms with Crippen molar-refractivity contribution in [2.45, 2.75) is 64.4 Å². The van der Waals surface area contributed by atoms with Crippen molar-refractivity contribution < 1.29 is 14.6 Å². The Morgan fingerprint density at radius 2 is 2.06 bits per heavy atom. The molecule has 0 radical (unpaired) electrons. The summed E-state index contributed by atoms with van der Waals surface area (Å²) in [6.45, 7) is 9.71. The van der Waals surface area contributed by atoms with Gasteiger partial charge in [0.2, 0.25) is 0 Å². The van der Waals surface area contributed by atoms with Gasteiger partial charge in [-0.15, -0.1) is 5.92 Å². The molecule has 1 saturated heterocycles. The number of aliphatic hydroxyl groups is 1. The minimum atomic E-state index is -1.25. The van der Waals surface area contributed by atoms with Gasteiger partial charge in [-0.3, -0.25) is 0 Å². The van der Waals surface area contributed by atoms with E-state index in [1.807, 2.05) is 13.8 Å². The van der Waals surface area contributed by atoms with Gasteiger partial charge < -0.3 is 14.6 Å². The molecule has 1 rings (SSSR count). The van der Waals surface area contributed by atoms with Gasteiger partial charge in [0.1, 0.15) is 5.60 Å². The molecule has 4 unspecified atom stereocenters. The fourth-order valence-electron chi connectivity index (χ4n) is 2.43. The lowest BCUT2D eigenvalue weighted by molar-refractivity contribution is -0.253. The Morgan fingerprint density at radius 3 is 2.47 bits per heavy atom. The van der Waals surface area contributed by atoms with E-state index in [2.05, 4.69) is 25.7 Å². The molecule has 3 nitrogen and oxygen atoms in total. The van der Waals surface area contributed by atoms with Crippen molar-refractivity contribution in [3.05, 3.63) is 0 Å². The monoisotopic (exact) mass is 240 g/mol. The second kappa shape index (κ2) is 4.97. The molecule has 0 bridgehead atoms. The Hall–Kier alpha value is -0.560. The van der Waals surface area contributed by atoms with E-state index in [0.717, 1.165) is 0 Å². The first-order valence-corrected chi connectivity index (χ1v) is 6.17. The molecule has 4 atom stereocenters. The summed E-state index contributed by atoms with van der Waals surface area (Å²) in [5.41, 5.74) is -1.94. The second-order valence-electron chi connectivity index (χ2n) is 5.34. The van der Waals surface area contributed by atoms with E-state index in [0.29, 0.717) is 12.3 Å². The maximum Gasteiger partial charge on any atom is 0.180 e. The first-order valence-electron chi connectivity index (χ1n) is 6.17. The smallest absolute Gasteiger partial charge is 0.180 e. The normalized spacial score (nSPS) is 42.1. The summed E-state index contributed by atoms with van der Waals surface area (Å²) >= 11 is 0. The lowest BCUT2D eigenvalue weighted by Crippen LogP contribution is -2.65. The number of methoxy groups -OCH3 is 1. The topological polar surface area (TPSA) is 38.7 Å². The highest BCUT2D eigenvalue weighted by Crippen LogP contribution is 2.41. The van der Waals surface area contributed by atoms with Crippen LogP contribution < -0.4 is 0 Å². The fourth-order valence-corrected chi connectivity index (χ4v) is 2.43. The van der Waals surface area contributed by atoms with Crippen LogP contribution in [0.2, 0.25) is 0 Å². The molecule has 0 aromatic rings. The third-order valence-electron chi connectivity index (χ3n) is 3.87. The largest absolute Gasteiger partial charge is 0.374 e. The van der Waals surface area contributed by atoms with Crippen molar-refractivity contribution in [2.24, 2.45) is 5.92 Å². The standard InChI is InChI=1S/C14H24O3/c1-7-8-14(15)11(4)17-12(10(2)3)9-13(14,5)16-6/h10-12,15H,9H2,1-6H3. The molecule has 0 aliphatic carbocycles. The highest BCUT2D eigenvalue weighted by molar-refractivity contribution is 5.25. The average Bonchev–Trinajstić information content (AvgIpc) is 2.26. The molecule has 1 aliphatic heterocycles. The molecule has 1 fully saturated rings. The zero-order chi connectivity index (χ0) is 13.3. The Kier molecular flexibility index (Phi) is 4.24. The van der Waals surface area contributed by atoms with Gasteiger partial charge in [0.15, 0.2) is 5.60 Å². The predicted octanol–water partition coefficient (Wildman–Crippen LogP) is 1.98. The molecule has 17 heavy (non-hydrogen) atoms. The van der Waals surface area contributed by atoms with E-state index in [-0.39, 0.29) is 12.2 Å². The van der Waals surface area contributed by atoms with Crippen LogP contribution in [0.15, 0.2) is 0 Å². The number of hydrogen-bond donors (Lipinski definition) is 1. The highest BCUT2D eigenvalue weighted by atomic mass is 16.5. The molecule has 1 aliphatic rings. The zero-order valence-electron chi connectivity index (χ0n) is 11.7. The summed E-state index contributed by atoms with van der Waals surface area (Å²) in [7, 11) is 1.62. The maximum atomic E-state index is 10.7. The first-order chi connectivity index (χ1) is 7.80. The fraction of sp³-hybridized carbons (Fsp3) is 0.857. The summed E-state index contributed by atoms with van der Waals surface area (Å²) < 4.78 is 11.4. The minimum Gasteiger partial charge on any atom is -0.374 e. The van der Waals surface area contributed by atoms with Crippen molar-refractivity contribution in [1.29, 1.82) is 0 Å². The number of ether oxygens (including phenoxy) is 2. The third kappa shape index (κ3) is 2.35. The molecule has 0 saturated carbocycles. The van der Waals surface area contributed by atoms with Crippen LogP contribution in [-0.2, 0) is 9.47 Å². The van der Waals surface area contributed by atoms with E-state index in [9.17, 15) is 5.11 Å². The molecule has 3 heteroatoms. The first kappa shape index (κ1) is 14.5. The summed E-state index contributed by atoms with van der Waals surface area (Å²) in [5.74, 6) is 6.04. The van der Waals surface area contributed by atoms with Crippen molar-refractivity contribution in [1.82, 2.24) is 0 Å². The van der Waals surface area contributed by atoms with Crippen molar-refractivity contribution in [3.63, 3.8) is 0 Å². The molecular formula is C14H24O3. The molecule has 0 aromatic carbocycles. The Labute approximate surface area is 104 Å². The number of rotatable bonds is 2. The van der Waals surface area contributed by atoms with Crippen LogP contribution in [0.1, 0.15) is 41.0 Å². The lowest BCUT2D eigenvalue weighted by atomic mass is 9.73. The Bertz CT molecular complexity index is 328. The van der Waals surface area contributed by atoms with Gasteiger partial charge in [-0.1, -0.05) is 19.8 Å². The van der Waals surface area contributed by atoms with Crippen molar-refractivity contribution in [3.8, 4) is 11.8 Å². The Balaban J connectivity index is 3.11. The summed E-state index contributed by atoms with van der Waals surface area (Å²) in [6.07, 6.45) is 0.381. The van der Waals surface area contributed by atoms with E-state index >= 15 is 0 Å². The molecular weight excluding hydrogens is 216 g/mol. The van der Waals surface area contributed by atoms with E-state index in [4.69, 9.17) is 9.47 Å². The molecule has 0 amide bonds. The van der Waals surface area contributed by atoms with Gasteiger partial charge >= 0.3 is 0 Å². The molecule has 1 heterocycles. The predicted molar refractivity (Wildman–Crippen MR) is 67.6 cm³/mol. The van der Waals surface area contributed by atoms with Gasteiger partial charge in [0.25, 0.3) is 0 Å². The zero-order valence-corrected chi connectivity index (χ0v) is 11.7. The second-order valence-corrected chi connectivity index (χ2v) is 5.34. The van der Waals surface area contributed by atoms with Crippen LogP contribution in [0.25, 0.3) is 0 Å². The lowest BCUT2D eigenvalue weighted by Gasteiger charge is -2.51. The van der Waals surface area contributed by atoms with Crippen LogP contribution in [0.3, 0.4) is 0 Å². The van der Waals surface area contributed by atoms with Gasteiger partial charge in [0.05, 0.1) is 12.2 Å². The van der Waals surface area contributed by atoms with E-state index < -0.39 is 11.2 Å². The average molecular weight is 240 g/mol. The summed E-state index contributed by atoms with van der Waals surface area (Å²) in [5, 5.41) is 10.7. The van der Waals surface area contributed by atoms with Crippen LogP contribution in [0, 0.1) is 17.8 Å². The molecule has 0 spiro atoms. The summed E-state index contributed by atoms with van der Waals surface area (Å²) in [6, 6.07) is 0. The quantitative estimate of drug-likeness (QED) is 0.750. The van der Waals surface area contributed by atoms with Crippen LogP contribution in [-0.4, -0.2) is 35.6 Å². The van der Waals surface area contributed by atoms with Gasteiger partial charge in [-0.2, -0.15) is 0 Å². The molecule has 98 valence electrons.